The van der Waals surface area contributed by atoms with Crippen molar-refractivity contribution in [2.75, 3.05) is 11.9 Å². The van der Waals surface area contributed by atoms with E-state index in [-0.39, 0.29) is 11.9 Å². The van der Waals surface area contributed by atoms with Gasteiger partial charge in [0.05, 0.1) is 0 Å². The Hall–Kier alpha value is -1.39. The van der Waals surface area contributed by atoms with E-state index in [4.69, 9.17) is 5.73 Å². The molecule has 96 valence electrons. The normalized spacial score (nSPS) is 12.4. The van der Waals surface area contributed by atoms with Gasteiger partial charge in [-0.2, -0.15) is 11.3 Å². The maximum Gasteiger partial charge on any atom is 0.130 e. The van der Waals surface area contributed by atoms with Crippen molar-refractivity contribution in [3.05, 3.63) is 52.0 Å². The van der Waals surface area contributed by atoms with E-state index in [1.807, 2.05) is 23.4 Å². The van der Waals surface area contributed by atoms with Crippen LogP contribution in [0.15, 0.2) is 35.0 Å². The quantitative estimate of drug-likeness (QED) is 0.915. The van der Waals surface area contributed by atoms with E-state index < -0.39 is 0 Å². The second kappa shape index (κ2) is 5.50. The summed E-state index contributed by atoms with van der Waals surface area (Å²) in [5.74, 6) is -0.236. The molecule has 0 fully saturated rings. The lowest BCUT2D eigenvalue weighted by Crippen LogP contribution is -2.20. The molecular weight excluding hydrogens is 247 g/mol. The van der Waals surface area contributed by atoms with Gasteiger partial charge in [0.1, 0.15) is 5.82 Å². The average molecular weight is 264 g/mol. The highest BCUT2D eigenvalue weighted by Gasteiger charge is 2.15. The van der Waals surface area contributed by atoms with Crippen molar-refractivity contribution in [1.82, 2.24) is 0 Å². The van der Waals surface area contributed by atoms with Crippen molar-refractivity contribution in [3.8, 4) is 0 Å². The molecule has 2 rings (SSSR count). The summed E-state index contributed by atoms with van der Waals surface area (Å²) in [4.78, 5) is 2.03. The Labute approximate surface area is 111 Å². The van der Waals surface area contributed by atoms with Crippen LogP contribution in [0.25, 0.3) is 0 Å². The SMILES string of the molecule is C[C@@H](N)c1c(F)cccc1N(C)Cc1ccsc1. The molecule has 0 saturated carbocycles. The molecule has 0 radical (unpaired) electrons. The van der Waals surface area contributed by atoms with Gasteiger partial charge in [-0.15, -0.1) is 0 Å². The second-order valence-corrected chi connectivity index (χ2v) is 5.23. The predicted octanol–water partition coefficient (Wildman–Crippen LogP) is 3.54. The summed E-state index contributed by atoms with van der Waals surface area (Å²) in [6, 6.07) is 6.85. The predicted molar refractivity (Wildman–Crippen MR) is 75.4 cm³/mol. The number of thiophene rings is 1. The molecule has 1 atom stereocenters. The molecule has 4 heteroatoms. The fourth-order valence-electron chi connectivity index (χ4n) is 2.05. The Balaban J connectivity index is 2.29. The first kappa shape index (κ1) is 13.1. The highest BCUT2D eigenvalue weighted by molar-refractivity contribution is 7.07. The second-order valence-electron chi connectivity index (χ2n) is 4.45. The fraction of sp³-hybridized carbons (Fsp3) is 0.286. The van der Waals surface area contributed by atoms with Gasteiger partial charge in [-0.3, -0.25) is 0 Å². The van der Waals surface area contributed by atoms with E-state index in [9.17, 15) is 4.39 Å². The molecule has 1 aromatic heterocycles. The third-order valence-corrected chi connectivity index (χ3v) is 3.63. The summed E-state index contributed by atoms with van der Waals surface area (Å²) in [5.41, 5.74) is 8.52. The molecule has 0 unspecified atom stereocenters. The highest BCUT2D eigenvalue weighted by atomic mass is 32.1. The van der Waals surface area contributed by atoms with E-state index in [1.54, 1.807) is 24.3 Å². The number of nitrogens with two attached hydrogens (primary N) is 1. The number of benzene rings is 1. The maximum atomic E-state index is 13.8. The minimum absolute atomic E-state index is 0.236. The number of hydrogen-bond donors (Lipinski definition) is 1. The van der Waals surface area contributed by atoms with E-state index in [2.05, 4.69) is 11.4 Å². The Morgan fingerprint density at radius 1 is 1.39 bits per heavy atom. The van der Waals surface area contributed by atoms with Gasteiger partial charge >= 0.3 is 0 Å². The molecule has 0 aliphatic carbocycles. The van der Waals surface area contributed by atoms with E-state index in [0.29, 0.717) is 5.56 Å². The summed E-state index contributed by atoms with van der Waals surface area (Å²) in [6.07, 6.45) is 0. The number of hydrogen-bond acceptors (Lipinski definition) is 3. The Morgan fingerprint density at radius 3 is 2.78 bits per heavy atom. The van der Waals surface area contributed by atoms with E-state index >= 15 is 0 Å². The molecule has 0 saturated heterocycles. The van der Waals surface area contributed by atoms with Crippen LogP contribution in [-0.4, -0.2) is 7.05 Å². The standard InChI is InChI=1S/C14H17FN2S/c1-10(16)14-12(15)4-3-5-13(14)17(2)8-11-6-7-18-9-11/h3-7,9-10H,8,16H2,1-2H3/t10-/m1/s1. The van der Waals surface area contributed by atoms with Crippen LogP contribution >= 0.6 is 11.3 Å². The lowest BCUT2D eigenvalue weighted by Gasteiger charge is -2.24. The Bertz CT molecular complexity index is 509. The van der Waals surface area contributed by atoms with Crippen molar-refractivity contribution < 1.29 is 4.39 Å². The van der Waals surface area contributed by atoms with Gasteiger partial charge in [-0.1, -0.05) is 6.07 Å². The molecule has 1 aromatic carbocycles. The summed E-state index contributed by atoms with van der Waals surface area (Å²) >= 11 is 1.66. The van der Waals surface area contributed by atoms with Gasteiger partial charge in [0.2, 0.25) is 0 Å². The average Bonchev–Trinajstić information content (AvgIpc) is 2.80. The van der Waals surface area contributed by atoms with Gasteiger partial charge in [-0.05, 0) is 41.4 Å². The van der Waals surface area contributed by atoms with Crippen LogP contribution < -0.4 is 10.6 Å². The molecule has 2 aromatic rings. The first-order valence-corrected chi connectivity index (χ1v) is 6.80. The summed E-state index contributed by atoms with van der Waals surface area (Å²) in [6.45, 7) is 2.56. The molecule has 0 aliphatic rings. The van der Waals surface area contributed by atoms with Crippen molar-refractivity contribution in [1.29, 1.82) is 0 Å². The summed E-state index contributed by atoms with van der Waals surface area (Å²) < 4.78 is 13.8. The lowest BCUT2D eigenvalue weighted by molar-refractivity contribution is 0.592. The monoisotopic (exact) mass is 264 g/mol. The third kappa shape index (κ3) is 2.71. The van der Waals surface area contributed by atoms with Crippen LogP contribution in [0.1, 0.15) is 24.1 Å². The first-order valence-electron chi connectivity index (χ1n) is 5.86. The van der Waals surface area contributed by atoms with Crippen molar-refractivity contribution >= 4 is 17.0 Å². The lowest BCUT2D eigenvalue weighted by atomic mass is 10.0. The molecule has 2 nitrogen and oxygen atoms in total. The van der Waals surface area contributed by atoms with Gasteiger partial charge in [0.25, 0.3) is 0 Å². The molecule has 0 bridgehead atoms. The van der Waals surface area contributed by atoms with Crippen LogP contribution in [0, 0.1) is 5.82 Å². The number of rotatable bonds is 4. The van der Waals surface area contributed by atoms with Crippen LogP contribution in [0.3, 0.4) is 0 Å². The van der Waals surface area contributed by atoms with Gasteiger partial charge < -0.3 is 10.6 Å². The van der Waals surface area contributed by atoms with Crippen LogP contribution in [0.5, 0.6) is 0 Å². The fourth-order valence-corrected chi connectivity index (χ4v) is 2.71. The van der Waals surface area contributed by atoms with Crippen LogP contribution in [0.2, 0.25) is 0 Å². The van der Waals surface area contributed by atoms with Crippen LogP contribution in [-0.2, 0) is 6.54 Å². The van der Waals surface area contributed by atoms with Crippen LogP contribution in [0.4, 0.5) is 10.1 Å². The molecule has 18 heavy (non-hydrogen) atoms. The molecule has 0 aliphatic heterocycles. The van der Waals surface area contributed by atoms with Gasteiger partial charge in [0.15, 0.2) is 0 Å². The zero-order chi connectivity index (χ0) is 13.1. The molecular formula is C14H17FN2S. The maximum absolute atomic E-state index is 13.8. The van der Waals surface area contributed by atoms with Gasteiger partial charge in [0, 0.05) is 30.9 Å². The first-order chi connectivity index (χ1) is 8.59. The minimum atomic E-state index is -0.314. The number of anilines is 1. The Kier molecular flexibility index (Phi) is 3.99. The minimum Gasteiger partial charge on any atom is -0.370 e. The van der Waals surface area contributed by atoms with E-state index in [1.165, 1.54) is 11.6 Å². The Morgan fingerprint density at radius 2 is 2.17 bits per heavy atom. The van der Waals surface area contributed by atoms with Crippen molar-refractivity contribution in [2.24, 2.45) is 5.73 Å². The number of nitrogens with zero attached hydrogens (tertiary/aromatic N) is 1. The van der Waals surface area contributed by atoms with Gasteiger partial charge in [-0.25, -0.2) is 4.39 Å². The molecule has 1 heterocycles. The summed E-state index contributed by atoms with van der Waals surface area (Å²) in [5, 5.41) is 4.14. The topological polar surface area (TPSA) is 29.3 Å². The largest absolute Gasteiger partial charge is 0.370 e. The van der Waals surface area contributed by atoms with Crippen molar-refractivity contribution in [2.45, 2.75) is 19.5 Å². The zero-order valence-corrected chi connectivity index (χ0v) is 11.4. The summed E-state index contributed by atoms with van der Waals surface area (Å²) in [7, 11) is 1.96. The highest BCUT2D eigenvalue weighted by Crippen LogP contribution is 2.28. The molecule has 0 spiro atoms. The zero-order valence-electron chi connectivity index (χ0n) is 10.6. The molecule has 2 N–H and O–H groups in total. The smallest absolute Gasteiger partial charge is 0.130 e. The van der Waals surface area contributed by atoms with E-state index in [0.717, 1.165) is 12.2 Å². The number of halogens is 1. The van der Waals surface area contributed by atoms with Crippen molar-refractivity contribution in [3.63, 3.8) is 0 Å². The molecule has 0 amide bonds. The third-order valence-electron chi connectivity index (χ3n) is 2.90.